The molecule has 0 bridgehead atoms. The van der Waals surface area contributed by atoms with Gasteiger partial charge in [-0.15, -0.1) is 0 Å². The molecule has 0 atom stereocenters. The first-order chi connectivity index (χ1) is 19.5. The van der Waals surface area contributed by atoms with Crippen molar-refractivity contribution in [3.8, 4) is 0 Å². The van der Waals surface area contributed by atoms with Crippen LogP contribution in [0, 0.1) is 0 Å². The largest absolute Gasteiger partial charge is 0.305 e. The zero-order chi connectivity index (χ0) is 29.9. The van der Waals surface area contributed by atoms with Crippen molar-refractivity contribution < 1.29 is 70.4 Å². The van der Waals surface area contributed by atoms with E-state index in [1.807, 2.05) is 36.4 Å². The van der Waals surface area contributed by atoms with Gasteiger partial charge in [0.1, 0.15) is 0 Å². The van der Waals surface area contributed by atoms with E-state index in [0.717, 1.165) is 11.1 Å². The molecule has 0 aromatic heterocycles. The summed E-state index contributed by atoms with van der Waals surface area (Å²) in [4.78, 5) is 18.9. The Labute approximate surface area is 234 Å². The second kappa shape index (κ2) is 15.0. The molecule has 0 aliphatic heterocycles. The molecular formula is C27H30O14. The van der Waals surface area contributed by atoms with Gasteiger partial charge in [-0.3, -0.25) is 4.79 Å². The summed E-state index contributed by atoms with van der Waals surface area (Å²) < 4.78 is 0. The predicted octanol–water partition coefficient (Wildman–Crippen LogP) is 6.11. The van der Waals surface area contributed by atoms with Crippen LogP contribution in [0.2, 0.25) is 0 Å². The molecule has 1 aliphatic carbocycles. The van der Waals surface area contributed by atoms with Gasteiger partial charge in [0.25, 0.3) is 0 Å². The summed E-state index contributed by atoms with van der Waals surface area (Å²) in [7, 11) is 0. The summed E-state index contributed by atoms with van der Waals surface area (Å²) in [6.07, 6.45) is 5.10. The number of hydrogen-bond donors (Lipinski definition) is 1. The van der Waals surface area contributed by atoms with E-state index in [0.29, 0.717) is 22.3 Å². The summed E-state index contributed by atoms with van der Waals surface area (Å²) in [6.45, 7) is 12.6. The first-order valence-corrected chi connectivity index (χ1v) is 12.1. The topological polar surface area (TPSA) is 148 Å². The molecule has 0 saturated carbocycles. The fourth-order valence-electron chi connectivity index (χ4n) is 3.61. The zero-order valence-electron chi connectivity index (χ0n) is 23.1. The van der Waals surface area contributed by atoms with E-state index >= 15 is 0 Å². The Morgan fingerprint density at radius 3 is 1.51 bits per heavy atom. The van der Waals surface area contributed by atoms with Crippen molar-refractivity contribution >= 4 is 11.5 Å². The normalized spacial score (nSPS) is 14.8. The number of benzene rings is 2. The van der Waals surface area contributed by atoms with Crippen molar-refractivity contribution in [2.24, 2.45) is 0 Å². The van der Waals surface area contributed by atoms with Crippen molar-refractivity contribution in [1.29, 1.82) is 0 Å². The van der Waals surface area contributed by atoms with Crippen molar-refractivity contribution in [1.82, 2.24) is 0 Å². The monoisotopic (exact) mass is 578 g/mol. The van der Waals surface area contributed by atoms with Gasteiger partial charge < -0.3 is 4.89 Å². The van der Waals surface area contributed by atoms with E-state index in [-0.39, 0.29) is 22.4 Å². The number of allylic oxidation sites excluding steroid dienone is 5. The van der Waals surface area contributed by atoms with E-state index in [9.17, 15) is 4.79 Å². The van der Waals surface area contributed by atoms with Crippen molar-refractivity contribution in [3.63, 3.8) is 0 Å². The van der Waals surface area contributed by atoms with Gasteiger partial charge in [0, 0.05) is 52.5 Å². The molecule has 2 aromatic carbocycles. The van der Waals surface area contributed by atoms with Crippen LogP contribution in [-0.2, 0) is 71.1 Å². The summed E-state index contributed by atoms with van der Waals surface area (Å²) >= 11 is 0. The van der Waals surface area contributed by atoms with E-state index in [1.165, 1.54) is 0 Å². The second-order valence-corrected chi connectivity index (χ2v) is 10.5. The molecule has 14 nitrogen and oxygen atoms in total. The summed E-state index contributed by atoms with van der Waals surface area (Å²) in [5.74, 6) is -0.0723. The highest BCUT2D eigenvalue weighted by molar-refractivity contribution is 6.14. The molecule has 0 heterocycles. The van der Waals surface area contributed by atoms with Crippen LogP contribution in [0.25, 0.3) is 5.76 Å². The molecule has 0 fully saturated rings. The first kappa shape index (κ1) is 32.2. The lowest BCUT2D eigenvalue weighted by Gasteiger charge is -2.20. The van der Waals surface area contributed by atoms with Gasteiger partial charge in [0.15, 0.2) is 11.5 Å². The Morgan fingerprint density at radius 1 is 0.610 bits per heavy atom. The minimum absolute atomic E-state index is 0.0543. The lowest BCUT2D eigenvalue weighted by molar-refractivity contribution is -0.868. The molecule has 0 amide bonds. The van der Waals surface area contributed by atoms with Crippen LogP contribution in [0.15, 0.2) is 77.9 Å². The van der Waals surface area contributed by atoms with Crippen LogP contribution in [0.3, 0.4) is 0 Å². The molecule has 2 aromatic rings. The Hall–Kier alpha value is -3.35. The fourth-order valence-corrected chi connectivity index (χ4v) is 3.61. The van der Waals surface area contributed by atoms with E-state index in [2.05, 4.69) is 97.0 Å². The third-order valence-electron chi connectivity index (χ3n) is 5.73. The van der Waals surface area contributed by atoms with Crippen LogP contribution in [0.5, 0.6) is 0 Å². The molecule has 0 spiro atoms. The maximum Gasteiger partial charge on any atom is 0.193 e. The Kier molecular flexibility index (Phi) is 11.8. The standard InChI is InChI=1S/C27H30O14/c1-26(2,3)20-14-10-18(11-15-20)24(28)22-8-7-9-23(22)25(19-12-16-21(17-13-19)27(4,5)6)30-32-34-36-38-40-41-39-37-35-33-31-29/h7-17,29H,1-6H3/b25-23-. The number of hydrogen-bond acceptors (Lipinski definition) is 14. The van der Waals surface area contributed by atoms with Crippen LogP contribution < -0.4 is 0 Å². The number of carbonyl (C=O) groups is 1. The van der Waals surface area contributed by atoms with Gasteiger partial charge in [-0.05, 0) is 47.1 Å². The van der Waals surface area contributed by atoms with Crippen LogP contribution >= 0.6 is 0 Å². The van der Waals surface area contributed by atoms with Crippen molar-refractivity contribution in [2.45, 2.75) is 52.4 Å². The minimum atomic E-state index is -0.217. The maximum absolute atomic E-state index is 13.5. The Morgan fingerprint density at radius 2 is 1.05 bits per heavy atom. The number of rotatable bonds is 15. The predicted molar refractivity (Wildman–Crippen MR) is 134 cm³/mol. The molecule has 3 rings (SSSR count). The average Bonchev–Trinajstić information content (AvgIpc) is 3.42. The smallest absolute Gasteiger partial charge is 0.193 e. The molecule has 41 heavy (non-hydrogen) atoms. The molecule has 0 saturated heterocycles. The second-order valence-electron chi connectivity index (χ2n) is 10.5. The van der Waals surface area contributed by atoms with Gasteiger partial charge in [-0.25, -0.2) is 5.26 Å². The van der Waals surface area contributed by atoms with E-state index in [4.69, 9.17) is 10.1 Å². The zero-order valence-corrected chi connectivity index (χ0v) is 23.1. The molecule has 1 aliphatic rings. The highest BCUT2D eigenvalue weighted by Gasteiger charge is 2.25. The molecule has 0 unspecified atom stereocenters. The van der Waals surface area contributed by atoms with Gasteiger partial charge in [0.2, 0.25) is 0 Å². The molecule has 1 N–H and O–H groups in total. The van der Waals surface area contributed by atoms with Gasteiger partial charge >= 0.3 is 0 Å². The highest BCUT2D eigenvalue weighted by atomic mass is 18.0. The Balaban J connectivity index is 1.73. The van der Waals surface area contributed by atoms with E-state index < -0.39 is 0 Å². The summed E-state index contributed by atoms with van der Waals surface area (Å²) in [6, 6.07) is 15.0. The fraction of sp³-hybridized carbons (Fsp3) is 0.296. The molecule has 222 valence electrons. The van der Waals surface area contributed by atoms with Crippen LogP contribution in [0.1, 0.15) is 68.6 Å². The quantitative estimate of drug-likeness (QED) is 0.0851. The number of Topliss-reactive ketones (excluding diaryl/α,β-unsaturated/α-hetero) is 1. The molecular weight excluding hydrogens is 548 g/mol. The van der Waals surface area contributed by atoms with Crippen molar-refractivity contribution in [3.05, 3.63) is 100 Å². The molecule has 0 radical (unpaired) electrons. The highest BCUT2D eigenvalue weighted by Crippen LogP contribution is 2.33. The maximum atomic E-state index is 13.5. The van der Waals surface area contributed by atoms with Crippen molar-refractivity contribution in [2.75, 3.05) is 0 Å². The molecule has 14 heteroatoms. The lowest BCUT2D eigenvalue weighted by atomic mass is 9.85. The third-order valence-corrected chi connectivity index (χ3v) is 5.73. The van der Waals surface area contributed by atoms with E-state index in [1.54, 1.807) is 30.4 Å². The van der Waals surface area contributed by atoms with Gasteiger partial charge in [0.05, 0.1) is 0 Å². The number of carbonyl (C=O) groups excluding carboxylic acids is 1. The van der Waals surface area contributed by atoms with Crippen LogP contribution in [-0.4, -0.2) is 11.0 Å². The van der Waals surface area contributed by atoms with Gasteiger partial charge in [-0.1, -0.05) is 108 Å². The average molecular weight is 579 g/mol. The van der Waals surface area contributed by atoms with Gasteiger partial charge in [-0.2, -0.15) is 0 Å². The summed E-state index contributed by atoms with van der Waals surface area (Å²) in [5, 5.41) is 49.5. The number of ketones is 1. The third kappa shape index (κ3) is 9.61. The Bertz CT molecular complexity index is 1220. The lowest BCUT2D eigenvalue weighted by Crippen LogP contribution is -2.12. The SMILES string of the molecule is CC(C)(C)c1ccc(C(=O)C2=CC=C/C2=C(/OOOOOOOOOOOOO)c2ccc(C(C)(C)C)cc2)cc1. The summed E-state index contributed by atoms with van der Waals surface area (Å²) in [5.41, 5.74) is 3.92. The van der Waals surface area contributed by atoms with Crippen LogP contribution in [0.4, 0.5) is 0 Å². The first-order valence-electron chi connectivity index (χ1n) is 12.1. The minimum Gasteiger partial charge on any atom is -0.305 e.